The second-order valence-electron chi connectivity index (χ2n) is 8.56. The molecule has 1 aromatic heterocycles. The Morgan fingerprint density at radius 3 is 2.68 bits per heavy atom. The highest BCUT2D eigenvalue weighted by atomic mass is 19.1. The Balaban J connectivity index is 1.50. The summed E-state index contributed by atoms with van der Waals surface area (Å²) in [6, 6.07) is 13.1. The summed E-state index contributed by atoms with van der Waals surface area (Å²) < 4.78 is 15.9. The van der Waals surface area contributed by atoms with Crippen molar-refractivity contribution in [2.45, 2.75) is 51.1 Å². The molecule has 7 heteroatoms. The van der Waals surface area contributed by atoms with Gasteiger partial charge in [-0.05, 0) is 43.0 Å². The minimum absolute atomic E-state index is 0.0713. The maximum absolute atomic E-state index is 14.0. The normalized spacial score (nSPS) is 23.2. The molecular weight excluding hydrogens is 395 g/mol. The van der Waals surface area contributed by atoms with Crippen LogP contribution in [0.1, 0.15) is 45.1 Å². The fraction of sp³-hybridized carbons (Fsp3) is 0.375. The Bertz CT molecular complexity index is 1160. The molecule has 1 aliphatic heterocycles. The van der Waals surface area contributed by atoms with Crippen LogP contribution in [0.3, 0.4) is 0 Å². The van der Waals surface area contributed by atoms with E-state index in [2.05, 4.69) is 12.2 Å². The lowest BCUT2D eigenvalue weighted by molar-refractivity contribution is -0.125. The van der Waals surface area contributed by atoms with Crippen molar-refractivity contribution in [3.63, 3.8) is 0 Å². The number of imidazole rings is 1. The third-order valence-electron chi connectivity index (χ3n) is 6.55. The van der Waals surface area contributed by atoms with Gasteiger partial charge >= 0.3 is 0 Å². The van der Waals surface area contributed by atoms with Crippen molar-refractivity contribution in [2.75, 3.05) is 10.2 Å². The summed E-state index contributed by atoms with van der Waals surface area (Å²) in [5, 5.41) is 2.61. The molecule has 6 nitrogen and oxygen atoms in total. The SMILES string of the molecule is CC1CCCCC1N1C(=O)C(CC(=O)Nc2ccccc2F)n2c1nc1ccccc12. The number of aromatic nitrogens is 2. The van der Waals surface area contributed by atoms with Gasteiger partial charge in [0.2, 0.25) is 11.9 Å². The Morgan fingerprint density at radius 2 is 1.87 bits per heavy atom. The molecule has 1 saturated carbocycles. The van der Waals surface area contributed by atoms with Crippen molar-refractivity contribution >= 4 is 34.5 Å². The number of para-hydroxylation sites is 3. The van der Waals surface area contributed by atoms with Gasteiger partial charge < -0.3 is 5.32 Å². The third-order valence-corrected chi connectivity index (χ3v) is 6.55. The van der Waals surface area contributed by atoms with Crippen LogP contribution in [0.2, 0.25) is 0 Å². The molecule has 0 spiro atoms. The van der Waals surface area contributed by atoms with Crippen molar-refractivity contribution in [3.8, 4) is 0 Å². The monoisotopic (exact) mass is 420 g/mol. The summed E-state index contributed by atoms with van der Waals surface area (Å²) in [6.07, 6.45) is 4.19. The molecule has 2 aromatic carbocycles. The van der Waals surface area contributed by atoms with Gasteiger partial charge in [-0.25, -0.2) is 9.37 Å². The van der Waals surface area contributed by atoms with Crippen molar-refractivity contribution in [1.82, 2.24) is 9.55 Å². The lowest BCUT2D eigenvalue weighted by Gasteiger charge is -2.35. The first-order valence-electron chi connectivity index (χ1n) is 10.9. The van der Waals surface area contributed by atoms with Crippen LogP contribution < -0.4 is 10.2 Å². The summed E-state index contributed by atoms with van der Waals surface area (Å²) in [7, 11) is 0. The zero-order valence-corrected chi connectivity index (χ0v) is 17.4. The first-order valence-corrected chi connectivity index (χ1v) is 10.9. The first kappa shape index (κ1) is 19.7. The van der Waals surface area contributed by atoms with Crippen LogP contribution in [0, 0.1) is 11.7 Å². The van der Waals surface area contributed by atoms with E-state index in [4.69, 9.17) is 4.98 Å². The first-order chi connectivity index (χ1) is 15.0. The molecule has 31 heavy (non-hydrogen) atoms. The molecule has 0 radical (unpaired) electrons. The van der Waals surface area contributed by atoms with Crippen LogP contribution in [-0.2, 0) is 9.59 Å². The molecule has 3 aromatic rings. The number of fused-ring (bicyclic) bond motifs is 3. The maximum Gasteiger partial charge on any atom is 0.253 e. The molecule has 2 amide bonds. The summed E-state index contributed by atoms with van der Waals surface area (Å²) in [6.45, 7) is 2.18. The van der Waals surface area contributed by atoms with Crippen LogP contribution in [0.4, 0.5) is 16.0 Å². The number of nitrogens with one attached hydrogen (secondary N) is 1. The molecule has 3 atom stereocenters. The maximum atomic E-state index is 14.0. The van der Waals surface area contributed by atoms with Crippen LogP contribution in [0.25, 0.3) is 11.0 Å². The summed E-state index contributed by atoms with van der Waals surface area (Å²) >= 11 is 0. The van der Waals surface area contributed by atoms with E-state index < -0.39 is 17.8 Å². The number of amides is 2. The van der Waals surface area contributed by atoms with E-state index >= 15 is 0 Å². The molecule has 5 rings (SSSR count). The Morgan fingerprint density at radius 1 is 1.13 bits per heavy atom. The van der Waals surface area contributed by atoms with Gasteiger partial charge in [0.05, 0.1) is 23.1 Å². The van der Waals surface area contributed by atoms with Crippen LogP contribution in [-0.4, -0.2) is 27.4 Å². The molecule has 2 heterocycles. The highest BCUT2D eigenvalue weighted by Crippen LogP contribution is 2.41. The number of halogens is 1. The third kappa shape index (κ3) is 3.38. The quantitative estimate of drug-likeness (QED) is 0.667. The molecule has 1 aliphatic carbocycles. The van der Waals surface area contributed by atoms with E-state index in [0.29, 0.717) is 11.9 Å². The van der Waals surface area contributed by atoms with Crippen LogP contribution in [0.5, 0.6) is 0 Å². The summed E-state index contributed by atoms with van der Waals surface area (Å²) in [5.41, 5.74) is 1.75. The highest BCUT2D eigenvalue weighted by molar-refractivity contribution is 6.05. The standard InChI is InChI=1S/C24H25FN4O2/c1-15-8-2-6-12-19(15)29-23(31)21(14-22(30)26-17-10-4-3-9-16(17)25)28-20-13-7-5-11-18(20)27-24(28)29/h3-5,7,9-11,13,15,19,21H,2,6,8,12,14H2,1H3,(H,26,30). The van der Waals surface area contributed by atoms with Gasteiger partial charge in [-0.1, -0.05) is 44.0 Å². The fourth-order valence-corrected chi connectivity index (χ4v) is 4.99. The average Bonchev–Trinajstić information content (AvgIpc) is 3.25. The molecule has 2 aliphatic rings. The van der Waals surface area contributed by atoms with E-state index in [1.807, 2.05) is 33.7 Å². The van der Waals surface area contributed by atoms with E-state index in [1.165, 1.54) is 18.6 Å². The number of anilines is 2. The zero-order chi connectivity index (χ0) is 21.5. The lowest BCUT2D eigenvalue weighted by atomic mass is 9.85. The van der Waals surface area contributed by atoms with Gasteiger partial charge in [0, 0.05) is 6.04 Å². The van der Waals surface area contributed by atoms with Crippen molar-refractivity contribution < 1.29 is 14.0 Å². The molecule has 160 valence electrons. The smallest absolute Gasteiger partial charge is 0.253 e. The van der Waals surface area contributed by atoms with Crippen molar-refractivity contribution in [3.05, 3.63) is 54.3 Å². The summed E-state index contributed by atoms with van der Waals surface area (Å²) in [4.78, 5) is 33.0. The number of rotatable bonds is 4. The largest absolute Gasteiger partial charge is 0.324 e. The molecular formula is C24H25FN4O2. The van der Waals surface area contributed by atoms with E-state index in [9.17, 15) is 14.0 Å². The molecule has 3 unspecified atom stereocenters. The van der Waals surface area contributed by atoms with Gasteiger partial charge in [-0.15, -0.1) is 0 Å². The van der Waals surface area contributed by atoms with E-state index in [1.54, 1.807) is 12.1 Å². The Hall–Kier alpha value is -3.22. The van der Waals surface area contributed by atoms with E-state index in [0.717, 1.165) is 30.3 Å². The predicted octanol–water partition coefficient (Wildman–Crippen LogP) is 4.67. The van der Waals surface area contributed by atoms with Crippen LogP contribution in [0.15, 0.2) is 48.5 Å². The molecule has 0 bridgehead atoms. The lowest BCUT2D eigenvalue weighted by Crippen LogP contribution is -2.44. The predicted molar refractivity (Wildman–Crippen MR) is 117 cm³/mol. The minimum atomic E-state index is -0.691. The minimum Gasteiger partial charge on any atom is -0.324 e. The second kappa shape index (κ2) is 7.80. The number of carbonyl (C=O) groups excluding carboxylic acids is 2. The Labute approximate surface area is 180 Å². The zero-order valence-electron chi connectivity index (χ0n) is 17.4. The van der Waals surface area contributed by atoms with Gasteiger partial charge in [0.25, 0.3) is 5.91 Å². The summed E-state index contributed by atoms with van der Waals surface area (Å²) in [5.74, 6) is -0.00738. The van der Waals surface area contributed by atoms with Gasteiger partial charge in [0.1, 0.15) is 11.9 Å². The number of carbonyl (C=O) groups is 2. The molecule has 1 N–H and O–H groups in total. The number of benzene rings is 2. The van der Waals surface area contributed by atoms with Gasteiger partial charge in [-0.2, -0.15) is 0 Å². The number of hydrogen-bond donors (Lipinski definition) is 1. The molecule has 0 saturated heterocycles. The number of hydrogen-bond acceptors (Lipinski definition) is 3. The highest BCUT2D eigenvalue weighted by Gasteiger charge is 2.45. The topological polar surface area (TPSA) is 67.2 Å². The average molecular weight is 420 g/mol. The van der Waals surface area contributed by atoms with Gasteiger partial charge in [-0.3, -0.25) is 19.1 Å². The van der Waals surface area contributed by atoms with E-state index in [-0.39, 0.29) is 24.1 Å². The van der Waals surface area contributed by atoms with Crippen molar-refractivity contribution in [2.24, 2.45) is 5.92 Å². The second-order valence-corrected chi connectivity index (χ2v) is 8.56. The number of nitrogens with zero attached hydrogens (tertiary/aromatic N) is 3. The molecule has 1 fully saturated rings. The van der Waals surface area contributed by atoms with Crippen molar-refractivity contribution in [1.29, 1.82) is 0 Å². The Kier molecular flexibility index (Phi) is 4.96. The van der Waals surface area contributed by atoms with Gasteiger partial charge in [0.15, 0.2) is 0 Å². The fourth-order valence-electron chi connectivity index (χ4n) is 4.99. The van der Waals surface area contributed by atoms with Crippen LogP contribution >= 0.6 is 0 Å².